The number of nitrogens with one attached hydrogen (secondary N) is 1. The molecule has 0 aromatic heterocycles. The second-order valence-corrected chi connectivity index (χ2v) is 9.57. The minimum Gasteiger partial charge on any atom is -0.378 e. The Kier molecular flexibility index (Phi) is 6.11. The minimum atomic E-state index is -0.758. The molecule has 9 nitrogen and oxygen atoms in total. The van der Waals surface area contributed by atoms with Crippen molar-refractivity contribution in [2.24, 2.45) is 0 Å². The van der Waals surface area contributed by atoms with Crippen molar-refractivity contribution in [3.63, 3.8) is 0 Å². The maximum Gasteiger partial charge on any atom is 0.255 e. The number of fused-ring (bicyclic) bond motifs is 1. The third kappa shape index (κ3) is 4.27. The van der Waals surface area contributed by atoms with Gasteiger partial charge in [0, 0.05) is 81.3 Å². The predicted octanol–water partition coefficient (Wildman–Crippen LogP) is 1.62. The van der Waals surface area contributed by atoms with Crippen LogP contribution in [-0.4, -0.2) is 79.7 Å². The molecule has 5 rings (SSSR count). The highest BCUT2D eigenvalue weighted by Crippen LogP contribution is 2.35. The Morgan fingerprint density at radius 1 is 1.03 bits per heavy atom. The fraction of sp³-hybridized carbons (Fsp3) is 0.385. The summed E-state index contributed by atoms with van der Waals surface area (Å²) < 4.78 is 14.6. The maximum atomic E-state index is 14.6. The van der Waals surface area contributed by atoms with E-state index in [1.54, 1.807) is 4.90 Å². The van der Waals surface area contributed by atoms with Gasteiger partial charge in [0.15, 0.2) is 0 Å². The molecule has 4 amide bonds. The van der Waals surface area contributed by atoms with E-state index in [9.17, 15) is 23.6 Å². The molecule has 2 aromatic rings. The quantitative estimate of drug-likeness (QED) is 0.651. The van der Waals surface area contributed by atoms with Gasteiger partial charge in [0.25, 0.3) is 11.8 Å². The van der Waals surface area contributed by atoms with E-state index in [1.165, 1.54) is 17.0 Å². The molecule has 2 fully saturated rings. The summed E-state index contributed by atoms with van der Waals surface area (Å²) in [7, 11) is 3.88. The fourth-order valence-electron chi connectivity index (χ4n) is 5.12. The van der Waals surface area contributed by atoms with Gasteiger partial charge < -0.3 is 19.6 Å². The van der Waals surface area contributed by atoms with E-state index >= 15 is 0 Å². The summed E-state index contributed by atoms with van der Waals surface area (Å²) >= 11 is 0. The summed E-state index contributed by atoms with van der Waals surface area (Å²) in [5, 5.41) is 2.28. The van der Waals surface area contributed by atoms with Crippen molar-refractivity contribution in [2.75, 3.05) is 50.1 Å². The van der Waals surface area contributed by atoms with E-state index in [0.29, 0.717) is 43.0 Å². The van der Waals surface area contributed by atoms with E-state index in [4.69, 9.17) is 0 Å². The zero-order chi connectivity index (χ0) is 25.6. The van der Waals surface area contributed by atoms with Gasteiger partial charge in [-0.1, -0.05) is 0 Å². The molecule has 1 N–H and O–H groups in total. The van der Waals surface area contributed by atoms with Crippen LogP contribution in [0.25, 0.3) is 0 Å². The highest BCUT2D eigenvalue weighted by molar-refractivity contribution is 6.06. The number of anilines is 2. The topological polar surface area (TPSA) is 93.3 Å². The summed E-state index contributed by atoms with van der Waals surface area (Å²) in [5.41, 5.74) is 3.15. The van der Waals surface area contributed by atoms with Gasteiger partial charge in [0.2, 0.25) is 11.8 Å². The van der Waals surface area contributed by atoms with Crippen LogP contribution in [0, 0.1) is 5.82 Å². The zero-order valence-electron chi connectivity index (χ0n) is 20.3. The van der Waals surface area contributed by atoms with E-state index in [-0.39, 0.29) is 36.8 Å². The number of amides is 4. The first-order valence-electron chi connectivity index (χ1n) is 12.0. The molecule has 3 heterocycles. The van der Waals surface area contributed by atoms with Crippen molar-refractivity contribution in [2.45, 2.75) is 25.4 Å². The van der Waals surface area contributed by atoms with Crippen LogP contribution < -0.4 is 15.1 Å². The van der Waals surface area contributed by atoms with Crippen LogP contribution in [0.4, 0.5) is 15.8 Å². The van der Waals surface area contributed by atoms with Gasteiger partial charge in [-0.25, -0.2) is 4.39 Å². The van der Waals surface area contributed by atoms with Crippen molar-refractivity contribution in [3.8, 4) is 0 Å². The Balaban J connectivity index is 1.30. The summed E-state index contributed by atoms with van der Waals surface area (Å²) in [6, 6.07) is 9.32. The smallest absolute Gasteiger partial charge is 0.255 e. The number of imide groups is 1. The molecule has 0 aliphatic carbocycles. The molecule has 10 heteroatoms. The number of benzene rings is 2. The standard InChI is InChI=1S/C26H28FN5O4/c1-29(2)18-5-3-16(4-6-18)25(35)31-11-9-30(10-12-31)22-14-17(27)13-19-20(22)15-32(26(19)36)21-7-8-23(33)28-24(21)34/h3-6,13-14,21H,7-12,15H2,1-2H3,(H,28,33,34). The fourth-order valence-corrected chi connectivity index (χ4v) is 5.12. The van der Waals surface area contributed by atoms with Crippen molar-refractivity contribution in [3.05, 3.63) is 58.9 Å². The largest absolute Gasteiger partial charge is 0.378 e. The van der Waals surface area contributed by atoms with Gasteiger partial charge >= 0.3 is 0 Å². The normalized spacial score (nSPS) is 19.9. The first-order valence-corrected chi connectivity index (χ1v) is 12.0. The van der Waals surface area contributed by atoms with Crippen LogP contribution in [0.2, 0.25) is 0 Å². The lowest BCUT2D eigenvalue weighted by Crippen LogP contribution is -2.52. The number of halogens is 1. The predicted molar refractivity (Wildman–Crippen MR) is 131 cm³/mol. The SMILES string of the molecule is CN(C)c1ccc(C(=O)N2CCN(c3cc(F)cc4c3CN(C3CCC(=O)NC3=O)C4=O)CC2)cc1. The van der Waals surface area contributed by atoms with Gasteiger partial charge in [-0.05, 0) is 42.8 Å². The molecule has 36 heavy (non-hydrogen) atoms. The van der Waals surface area contributed by atoms with Crippen LogP contribution in [0.15, 0.2) is 36.4 Å². The number of hydrogen-bond acceptors (Lipinski definition) is 6. The van der Waals surface area contributed by atoms with Gasteiger partial charge in [0.1, 0.15) is 11.9 Å². The van der Waals surface area contributed by atoms with Gasteiger partial charge in [-0.15, -0.1) is 0 Å². The van der Waals surface area contributed by atoms with Crippen molar-refractivity contribution >= 4 is 35.0 Å². The Labute approximate surface area is 208 Å². The maximum absolute atomic E-state index is 14.6. The molecule has 0 spiro atoms. The number of carbonyl (C=O) groups excluding carboxylic acids is 4. The lowest BCUT2D eigenvalue weighted by molar-refractivity contribution is -0.136. The van der Waals surface area contributed by atoms with Crippen molar-refractivity contribution in [1.29, 1.82) is 0 Å². The van der Waals surface area contributed by atoms with Gasteiger partial charge in [-0.2, -0.15) is 0 Å². The second kappa shape index (κ2) is 9.25. The van der Waals surface area contributed by atoms with Crippen LogP contribution in [0.5, 0.6) is 0 Å². The third-order valence-corrected chi connectivity index (χ3v) is 7.14. The van der Waals surface area contributed by atoms with E-state index in [1.807, 2.05) is 48.2 Å². The molecule has 1 atom stereocenters. The van der Waals surface area contributed by atoms with Gasteiger partial charge in [0.05, 0.1) is 0 Å². The molecule has 1 unspecified atom stereocenters. The van der Waals surface area contributed by atoms with Gasteiger partial charge in [-0.3, -0.25) is 24.5 Å². The number of nitrogens with zero attached hydrogens (tertiary/aromatic N) is 4. The molecule has 2 aromatic carbocycles. The summed E-state index contributed by atoms with van der Waals surface area (Å²) in [6.07, 6.45) is 0.407. The van der Waals surface area contributed by atoms with Crippen LogP contribution in [0.1, 0.15) is 39.1 Å². The number of piperazine rings is 1. The molecule has 0 bridgehead atoms. The Morgan fingerprint density at radius 3 is 2.36 bits per heavy atom. The zero-order valence-corrected chi connectivity index (χ0v) is 20.3. The van der Waals surface area contributed by atoms with E-state index < -0.39 is 23.7 Å². The lowest BCUT2D eigenvalue weighted by atomic mass is 10.0. The number of piperidine rings is 1. The van der Waals surface area contributed by atoms with E-state index in [2.05, 4.69) is 5.32 Å². The van der Waals surface area contributed by atoms with E-state index in [0.717, 1.165) is 5.69 Å². The molecular weight excluding hydrogens is 465 g/mol. The highest BCUT2D eigenvalue weighted by Gasteiger charge is 2.41. The number of rotatable bonds is 4. The first-order chi connectivity index (χ1) is 17.2. The second-order valence-electron chi connectivity index (χ2n) is 9.57. The summed E-state index contributed by atoms with van der Waals surface area (Å²) in [5.74, 6) is -1.84. The van der Waals surface area contributed by atoms with Crippen LogP contribution in [0.3, 0.4) is 0 Å². The monoisotopic (exact) mass is 493 g/mol. The van der Waals surface area contributed by atoms with Crippen molar-refractivity contribution in [1.82, 2.24) is 15.1 Å². The molecule has 3 aliphatic rings. The first kappa shape index (κ1) is 23.8. The number of hydrogen-bond donors (Lipinski definition) is 1. The molecule has 188 valence electrons. The lowest BCUT2D eigenvalue weighted by Gasteiger charge is -2.37. The molecular formula is C26H28FN5O4. The highest BCUT2D eigenvalue weighted by atomic mass is 19.1. The summed E-state index contributed by atoms with van der Waals surface area (Å²) in [4.78, 5) is 57.1. The van der Waals surface area contributed by atoms with Crippen LogP contribution in [-0.2, 0) is 16.1 Å². The Hall–Kier alpha value is -3.95. The number of carbonyl (C=O) groups is 4. The molecule has 2 saturated heterocycles. The average Bonchev–Trinajstić information content (AvgIpc) is 3.19. The Bertz CT molecular complexity index is 1240. The summed E-state index contributed by atoms with van der Waals surface area (Å²) in [6.45, 7) is 2.08. The molecule has 3 aliphatic heterocycles. The average molecular weight is 494 g/mol. The minimum absolute atomic E-state index is 0.0522. The molecule has 0 radical (unpaired) electrons. The van der Waals surface area contributed by atoms with Crippen LogP contribution >= 0.6 is 0 Å². The molecule has 0 saturated carbocycles. The Morgan fingerprint density at radius 2 is 1.72 bits per heavy atom. The van der Waals surface area contributed by atoms with Crippen molar-refractivity contribution < 1.29 is 23.6 Å². The third-order valence-electron chi connectivity index (χ3n) is 7.14.